The number of nitrogens with zero attached hydrogens (tertiary/aromatic N) is 3. The minimum atomic E-state index is -4.44. The molecular weight excluding hydrogens is 451 g/mol. The van der Waals surface area contributed by atoms with Crippen molar-refractivity contribution in [3.8, 4) is 17.3 Å². The third kappa shape index (κ3) is 6.49. The Balaban J connectivity index is 1.67. The van der Waals surface area contributed by atoms with E-state index in [4.69, 9.17) is 14.6 Å². The first-order chi connectivity index (χ1) is 16.2. The van der Waals surface area contributed by atoms with Crippen LogP contribution in [0.15, 0.2) is 42.7 Å². The molecule has 0 amide bonds. The van der Waals surface area contributed by atoms with E-state index in [0.717, 1.165) is 36.4 Å². The quantitative estimate of drug-likeness (QED) is 0.396. The molecule has 10 heteroatoms. The summed E-state index contributed by atoms with van der Waals surface area (Å²) >= 11 is 0. The topological polar surface area (TPSA) is 86.5 Å². The predicted molar refractivity (Wildman–Crippen MR) is 119 cm³/mol. The van der Waals surface area contributed by atoms with Crippen molar-refractivity contribution in [3.63, 3.8) is 0 Å². The van der Waals surface area contributed by atoms with E-state index in [1.165, 1.54) is 17.9 Å². The van der Waals surface area contributed by atoms with Crippen LogP contribution in [-0.4, -0.2) is 39.6 Å². The van der Waals surface area contributed by atoms with Gasteiger partial charge in [0.25, 0.3) is 0 Å². The lowest BCUT2D eigenvalue weighted by atomic mass is 10.1. The van der Waals surface area contributed by atoms with Crippen molar-refractivity contribution in [1.82, 2.24) is 14.8 Å². The number of aryl methyl sites for hydroxylation is 2. The van der Waals surface area contributed by atoms with Gasteiger partial charge in [0.2, 0.25) is 0 Å². The molecule has 1 aromatic carbocycles. The van der Waals surface area contributed by atoms with Gasteiger partial charge in [0.05, 0.1) is 31.4 Å². The van der Waals surface area contributed by atoms with Crippen LogP contribution in [-0.2, 0) is 30.2 Å². The summed E-state index contributed by atoms with van der Waals surface area (Å²) < 4.78 is 51.0. The molecule has 0 bridgehead atoms. The van der Waals surface area contributed by atoms with Gasteiger partial charge in [-0.05, 0) is 54.7 Å². The lowest BCUT2D eigenvalue weighted by Crippen LogP contribution is -2.07. The highest BCUT2D eigenvalue weighted by Crippen LogP contribution is 2.30. The van der Waals surface area contributed by atoms with Gasteiger partial charge in [-0.15, -0.1) is 0 Å². The Bertz CT molecular complexity index is 1110. The van der Waals surface area contributed by atoms with E-state index in [1.807, 2.05) is 6.92 Å². The van der Waals surface area contributed by atoms with Gasteiger partial charge in [0, 0.05) is 12.4 Å². The minimum Gasteiger partial charge on any atom is -0.493 e. The number of carbonyl (C=O) groups is 1. The SMILES string of the molecule is CCCc1nn(-c2ccc(C(F)(F)F)cn2)cc1CCCOc1cc(CC(=O)O)ccc1OC. The smallest absolute Gasteiger partial charge is 0.417 e. The van der Waals surface area contributed by atoms with Gasteiger partial charge in [-0.2, -0.15) is 18.3 Å². The Hall–Kier alpha value is -3.56. The molecule has 0 aliphatic heterocycles. The first kappa shape index (κ1) is 25.1. The molecule has 3 rings (SSSR count). The molecule has 3 aromatic rings. The Kier molecular flexibility index (Phi) is 8.14. The largest absolute Gasteiger partial charge is 0.493 e. The Morgan fingerprint density at radius 2 is 1.94 bits per heavy atom. The van der Waals surface area contributed by atoms with Crippen LogP contribution >= 0.6 is 0 Å². The minimum absolute atomic E-state index is 0.113. The molecular formula is C24H26F3N3O4. The van der Waals surface area contributed by atoms with Crippen LogP contribution in [0, 0.1) is 0 Å². The van der Waals surface area contributed by atoms with Crippen LogP contribution in [0.3, 0.4) is 0 Å². The number of pyridine rings is 1. The van der Waals surface area contributed by atoms with Crippen LogP contribution in [0.5, 0.6) is 11.5 Å². The molecule has 0 saturated carbocycles. The predicted octanol–water partition coefficient (Wildman–Crippen LogP) is 4.89. The van der Waals surface area contributed by atoms with Gasteiger partial charge in [-0.25, -0.2) is 9.67 Å². The third-order valence-electron chi connectivity index (χ3n) is 5.11. The van der Waals surface area contributed by atoms with E-state index in [9.17, 15) is 18.0 Å². The Morgan fingerprint density at radius 1 is 1.15 bits per heavy atom. The second-order valence-corrected chi connectivity index (χ2v) is 7.71. The van der Waals surface area contributed by atoms with Crippen molar-refractivity contribution in [2.45, 2.75) is 45.2 Å². The van der Waals surface area contributed by atoms with E-state index in [2.05, 4.69) is 10.1 Å². The van der Waals surface area contributed by atoms with E-state index in [1.54, 1.807) is 24.4 Å². The second-order valence-electron chi connectivity index (χ2n) is 7.71. The monoisotopic (exact) mass is 477 g/mol. The lowest BCUT2D eigenvalue weighted by molar-refractivity contribution is -0.138. The number of hydrogen-bond acceptors (Lipinski definition) is 5. The maximum absolute atomic E-state index is 12.8. The van der Waals surface area contributed by atoms with E-state index in [0.29, 0.717) is 42.3 Å². The summed E-state index contributed by atoms with van der Waals surface area (Å²) in [4.78, 5) is 14.9. The number of aromatic nitrogens is 3. The molecule has 1 N–H and O–H groups in total. The first-order valence-corrected chi connectivity index (χ1v) is 10.8. The number of halogens is 3. The molecule has 2 aromatic heterocycles. The highest BCUT2D eigenvalue weighted by molar-refractivity contribution is 5.70. The maximum atomic E-state index is 12.8. The molecule has 34 heavy (non-hydrogen) atoms. The van der Waals surface area contributed by atoms with Gasteiger partial charge in [-0.3, -0.25) is 4.79 Å². The number of methoxy groups -OCH3 is 1. The summed E-state index contributed by atoms with van der Waals surface area (Å²) in [5.41, 5.74) is 1.64. The fraction of sp³-hybridized carbons (Fsp3) is 0.375. The molecule has 7 nitrogen and oxygen atoms in total. The van der Waals surface area contributed by atoms with Gasteiger partial charge in [-0.1, -0.05) is 19.4 Å². The molecule has 2 heterocycles. The zero-order valence-electron chi connectivity index (χ0n) is 18.9. The zero-order valence-corrected chi connectivity index (χ0v) is 18.9. The summed E-state index contributed by atoms with van der Waals surface area (Å²) in [5.74, 6) is 0.369. The molecule has 0 spiro atoms. The summed E-state index contributed by atoms with van der Waals surface area (Å²) in [7, 11) is 1.51. The molecule has 0 fully saturated rings. The normalized spacial score (nSPS) is 11.4. The fourth-order valence-electron chi connectivity index (χ4n) is 3.47. The number of aliphatic carboxylic acids is 1. The van der Waals surface area contributed by atoms with Crippen molar-refractivity contribution in [2.75, 3.05) is 13.7 Å². The first-order valence-electron chi connectivity index (χ1n) is 10.8. The molecule has 0 radical (unpaired) electrons. The van der Waals surface area contributed by atoms with Gasteiger partial charge < -0.3 is 14.6 Å². The summed E-state index contributed by atoms with van der Waals surface area (Å²) in [6.45, 7) is 2.39. The Labute approximate surface area is 195 Å². The van der Waals surface area contributed by atoms with Crippen LogP contribution in [0.25, 0.3) is 5.82 Å². The number of alkyl halides is 3. The van der Waals surface area contributed by atoms with Crippen LogP contribution < -0.4 is 9.47 Å². The van der Waals surface area contributed by atoms with Crippen molar-refractivity contribution in [2.24, 2.45) is 0 Å². The zero-order chi connectivity index (χ0) is 24.7. The second kappa shape index (κ2) is 11.0. The summed E-state index contributed by atoms with van der Waals surface area (Å²) in [5, 5.41) is 13.5. The number of rotatable bonds is 11. The van der Waals surface area contributed by atoms with Crippen LogP contribution in [0.2, 0.25) is 0 Å². The van der Waals surface area contributed by atoms with Gasteiger partial charge in [0.1, 0.15) is 0 Å². The van der Waals surface area contributed by atoms with E-state index in [-0.39, 0.29) is 6.42 Å². The third-order valence-corrected chi connectivity index (χ3v) is 5.11. The number of hydrogen-bond donors (Lipinski definition) is 1. The fourth-order valence-corrected chi connectivity index (χ4v) is 3.47. The summed E-state index contributed by atoms with van der Waals surface area (Å²) in [6, 6.07) is 7.30. The molecule has 0 aliphatic rings. The van der Waals surface area contributed by atoms with E-state index < -0.39 is 17.7 Å². The average Bonchev–Trinajstić information content (AvgIpc) is 3.19. The molecule has 0 atom stereocenters. The standard InChI is InChI=1S/C24H26F3N3O4/c1-3-5-19-17(15-30(29-19)22-10-8-18(14-28-22)24(25,26)27)6-4-11-34-21-12-16(13-23(31)32)7-9-20(21)33-2/h7-10,12,14-15H,3-6,11,13H2,1-2H3,(H,31,32). The lowest BCUT2D eigenvalue weighted by Gasteiger charge is -2.12. The van der Waals surface area contributed by atoms with Crippen LogP contribution in [0.4, 0.5) is 13.2 Å². The number of carboxylic acids is 1. The maximum Gasteiger partial charge on any atom is 0.417 e. The molecule has 182 valence electrons. The molecule has 0 saturated heterocycles. The molecule has 0 aliphatic carbocycles. The van der Waals surface area contributed by atoms with Gasteiger partial charge >= 0.3 is 12.1 Å². The van der Waals surface area contributed by atoms with Crippen molar-refractivity contribution < 1.29 is 32.5 Å². The van der Waals surface area contributed by atoms with Crippen molar-refractivity contribution in [3.05, 3.63) is 65.1 Å². The average molecular weight is 477 g/mol. The van der Waals surface area contributed by atoms with Crippen LogP contribution in [0.1, 0.15) is 42.1 Å². The van der Waals surface area contributed by atoms with Crippen molar-refractivity contribution >= 4 is 5.97 Å². The molecule has 0 unspecified atom stereocenters. The number of ether oxygens (including phenoxy) is 2. The summed E-state index contributed by atoms with van der Waals surface area (Å²) in [6.07, 6.45) is 0.929. The van der Waals surface area contributed by atoms with E-state index >= 15 is 0 Å². The highest BCUT2D eigenvalue weighted by Gasteiger charge is 2.30. The highest BCUT2D eigenvalue weighted by atomic mass is 19.4. The number of benzene rings is 1. The Morgan fingerprint density at radius 3 is 2.56 bits per heavy atom. The number of carboxylic acid groups (broad SMARTS) is 1. The van der Waals surface area contributed by atoms with Gasteiger partial charge in [0.15, 0.2) is 17.3 Å². The van der Waals surface area contributed by atoms with Crippen molar-refractivity contribution in [1.29, 1.82) is 0 Å².